The van der Waals surface area contributed by atoms with Gasteiger partial charge in [0.15, 0.2) is 11.5 Å². The lowest BCUT2D eigenvalue weighted by Gasteiger charge is -2.16. The van der Waals surface area contributed by atoms with Crippen LogP contribution in [0.2, 0.25) is 0 Å². The Labute approximate surface area is 154 Å². The van der Waals surface area contributed by atoms with Crippen molar-refractivity contribution in [2.45, 2.75) is 6.54 Å². The standard InChI is InChI=1S/C18H19BrNO5/c1-6-11-13(14(19)15(18(21)22)20(11)7-2)10-8-9-12(23-3)17(25-5)16(10)24-4/h6,8-9H,1-2,7H2,3-5H3,(H,21,22). The Morgan fingerprint density at radius 3 is 2.32 bits per heavy atom. The molecule has 1 radical (unpaired) electrons. The van der Waals surface area contributed by atoms with Gasteiger partial charge in [-0.3, -0.25) is 0 Å². The van der Waals surface area contributed by atoms with Crippen LogP contribution in [0.15, 0.2) is 23.2 Å². The summed E-state index contributed by atoms with van der Waals surface area (Å²) in [5.74, 6) is 0.297. The first-order valence-electron chi connectivity index (χ1n) is 7.32. The monoisotopic (exact) mass is 408 g/mol. The summed E-state index contributed by atoms with van der Waals surface area (Å²) >= 11 is 3.41. The molecular weight excluding hydrogens is 390 g/mol. The number of carbonyl (C=O) groups is 1. The molecule has 133 valence electrons. The summed E-state index contributed by atoms with van der Waals surface area (Å²) in [4.78, 5) is 11.7. The SMILES string of the molecule is [CH2]Cn1c(C=C)c(-c2ccc(OC)c(OC)c2OC)c(Br)c1C(=O)O. The second-order valence-corrected chi connectivity index (χ2v) is 5.76. The molecule has 0 spiro atoms. The van der Waals surface area contributed by atoms with Gasteiger partial charge in [0, 0.05) is 23.4 Å². The largest absolute Gasteiger partial charge is 0.493 e. The highest BCUT2D eigenvalue weighted by atomic mass is 79.9. The number of nitrogens with zero attached hydrogens (tertiary/aromatic N) is 1. The zero-order valence-corrected chi connectivity index (χ0v) is 15.8. The molecule has 2 aromatic rings. The fourth-order valence-corrected chi connectivity index (χ4v) is 3.61. The summed E-state index contributed by atoms with van der Waals surface area (Å²) in [6.45, 7) is 7.86. The van der Waals surface area contributed by atoms with E-state index >= 15 is 0 Å². The topological polar surface area (TPSA) is 69.9 Å². The van der Waals surface area contributed by atoms with Gasteiger partial charge >= 0.3 is 5.97 Å². The normalized spacial score (nSPS) is 10.4. The van der Waals surface area contributed by atoms with Crippen LogP contribution in [-0.4, -0.2) is 37.0 Å². The van der Waals surface area contributed by atoms with Crippen molar-refractivity contribution in [1.29, 1.82) is 0 Å². The van der Waals surface area contributed by atoms with Crippen LogP contribution in [0.3, 0.4) is 0 Å². The lowest BCUT2D eigenvalue weighted by atomic mass is 10.0. The van der Waals surface area contributed by atoms with Crippen molar-refractivity contribution >= 4 is 28.0 Å². The summed E-state index contributed by atoms with van der Waals surface area (Å²) in [5, 5.41) is 9.58. The molecule has 0 atom stereocenters. The van der Waals surface area contributed by atoms with Gasteiger partial charge in [-0.25, -0.2) is 4.79 Å². The summed E-state index contributed by atoms with van der Waals surface area (Å²) in [6, 6.07) is 3.52. The van der Waals surface area contributed by atoms with E-state index in [2.05, 4.69) is 29.4 Å². The summed E-state index contributed by atoms with van der Waals surface area (Å²) in [6.07, 6.45) is 1.59. The van der Waals surface area contributed by atoms with E-state index in [4.69, 9.17) is 14.2 Å². The zero-order valence-electron chi connectivity index (χ0n) is 14.3. The van der Waals surface area contributed by atoms with Gasteiger partial charge in [-0.1, -0.05) is 6.58 Å². The van der Waals surface area contributed by atoms with E-state index in [1.54, 1.807) is 22.8 Å². The van der Waals surface area contributed by atoms with Crippen LogP contribution >= 0.6 is 15.9 Å². The first-order chi connectivity index (χ1) is 12.0. The number of aromatic nitrogens is 1. The van der Waals surface area contributed by atoms with Gasteiger partial charge in [-0.05, 0) is 41.1 Å². The molecule has 0 amide bonds. The summed E-state index contributed by atoms with van der Waals surface area (Å²) < 4.78 is 18.2. The number of ether oxygens (including phenoxy) is 3. The second kappa shape index (κ2) is 7.65. The van der Waals surface area contributed by atoms with E-state index in [0.717, 1.165) is 0 Å². The third-order valence-electron chi connectivity index (χ3n) is 3.84. The number of rotatable bonds is 7. The summed E-state index contributed by atoms with van der Waals surface area (Å²) in [7, 11) is 4.56. The average molecular weight is 409 g/mol. The highest BCUT2D eigenvalue weighted by Crippen LogP contribution is 2.48. The van der Waals surface area contributed by atoms with Crippen molar-refractivity contribution < 1.29 is 24.1 Å². The zero-order chi connectivity index (χ0) is 18.7. The van der Waals surface area contributed by atoms with Gasteiger partial charge in [0.1, 0.15) is 5.69 Å². The summed E-state index contributed by atoms with van der Waals surface area (Å²) in [5.41, 5.74) is 1.99. The van der Waals surface area contributed by atoms with Crippen LogP contribution in [-0.2, 0) is 6.54 Å². The maximum Gasteiger partial charge on any atom is 0.353 e. The van der Waals surface area contributed by atoms with E-state index < -0.39 is 5.97 Å². The molecule has 0 saturated carbocycles. The van der Waals surface area contributed by atoms with Crippen molar-refractivity contribution in [3.8, 4) is 28.4 Å². The van der Waals surface area contributed by atoms with Crippen LogP contribution in [0, 0.1) is 6.92 Å². The fourth-order valence-electron chi connectivity index (χ4n) is 2.81. The maximum absolute atomic E-state index is 11.7. The fraction of sp³-hybridized carbons (Fsp3) is 0.222. The van der Waals surface area contributed by atoms with Crippen molar-refractivity contribution in [3.05, 3.63) is 41.5 Å². The predicted octanol–water partition coefficient (Wildman–Crippen LogP) is 4.12. The predicted molar refractivity (Wildman–Crippen MR) is 99.6 cm³/mol. The Kier molecular flexibility index (Phi) is 5.79. The van der Waals surface area contributed by atoms with Crippen LogP contribution < -0.4 is 14.2 Å². The van der Waals surface area contributed by atoms with Crippen LogP contribution in [0.25, 0.3) is 17.2 Å². The highest BCUT2D eigenvalue weighted by Gasteiger charge is 2.28. The van der Waals surface area contributed by atoms with Gasteiger partial charge in [0.2, 0.25) is 5.75 Å². The second-order valence-electron chi connectivity index (χ2n) is 4.97. The number of benzene rings is 1. The number of halogens is 1. The van der Waals surface area contributed by atoms with Gasteiger partial charge < -0.3 is 23.9 Å². The molecule has 2 rings (SSSR count). The quantitative estimate of drug-likeness (QED) is 0.745. The van der Waals surface area contributed by atoms with Gasteiger partial charge in [0.25, 0.3) is 0 Å². The number of methoxy groups -OCH3 is 3. The van der Waals surface area contributed by atoms with E-state index in [1.807, 2.05) is 0 Å². The number of aromatic carboxylic acids is 1. The maximum atomic E-state index is 11.7. The third-order valence-corrected chi connectivity index (χ3v) is 4.61. The minimum absolute atomic E-state index is 0.0942. The molecule has 1 aromatic carbocycles. The van der Waals surface area contributed by atoms with Crippen LogP contribution in [0.4, 0.5) is 0 Å². The molecule has 1 aromatic heterocycles. The molecule has 0 fully saturated rings. The van der Waals surface area contributed by atoms with E-state index in [9.17, 15) is 9.90 Å². The Balaban J connectivity index is 2.92. The Morgan fingerprint density at radius 2 is 1.88 bits per heavy atom. The van der Waals surface area contributed by atoms with Crippen molar-refractivity contribution in [1.82, 2.24) is 4.57 Å². The van der Waals surface area contributed by atoms with Crippen molar-refractivity contribution in [2.75, 3.05) is 21.3 Å². The van der Waals surface area contributed by atoms with Crippen LogP contribution in [0.1, 0.15) is 16.2 Å². The Bertz CT molecular complexity index is 826. The van der Waals surface area contributed by atoms with Crippen molar-refractivity contribution in [2.24, 2.45) is 0 Å². The number of carboxylic acid groups (broad SMARTS) is 1. The molecule has 0 unspecified atom stereocenters. The van der Waals surface area contributed by atoms with Crippen molar-refractivity contribution in [3.63, 3.8) is 0 Å². The number of hydrogen-bond acceptors (Lipinski definition) is 4. The molecule has 0 saturated heterocycles. The van der Waals surface area contributed by atoms with Crippen LogP contribution in [0.5, 0.6) is 17.2 Å². The molecule has 0 aliphatic carbocycles. The number of hydrogen-bond donors (Lipinski definition) is 1. The molecule has 1 N–H and O–H groups in total. The molecule has 7 heteroatoms. The first-order valence-corrected chi connectivity index (χ1v) is 8.12. The molecule has 0 bridgehead atoms. The van der Waals surface area contributed by atoms with E-state index in [1.165, 1.54) is 21.3 Å². The minimum atomic E-state index is -1.07. The third kappa shape index (κ3) is 3.00. The Morgan fingerprint density at radius 1 is 1.24 bits per heavy atom. The Hall–Kier alpha value is -2.41. The lowest BCUT2D eigenvalue weighted by molar-refractivity contribution is 0.0684. The lowest BCUT2D eigenvalue weighted by Crippen LogP contribution is -2.08. The average Bonchev–Trinajstić information content (AvgIpc) is 2.91. The van der Waals surface area contributed by atoms with Gasteiger partial charge in [-0.2, -0.15) is 0 Å². The molecule has 1 heterocycles. The molecule has 0 aliphatic rings. The molecule has 6 nitrogen and oxygen atoms in total. The van der Waals surface area contributed by atoms with E-state index in [0.29, 0.717) is 38.5 Å². The van der Waals surface area contributed by atoms with Gasteiger partial charge in [-0.15, -0.1) is 0 Å². The highest BCUT2D eigenvalue weighted by molar-refractivity contribution is 9.10. The number of carboxylic acids is 1. The van der Waals surface area contributed by atoms with E-state index in [-0.39, 0.29) is 12.2 Å². The minimum Gasteiger partial charge on any atom is -0.493 e. The first kappa shape index (κ1) is 18.9. The molecule has 0 aliphatic heterocycles. The van der Waals surface area contributed by atoms with Gasteiger partial charge in [0.05, 0.1) is 25.8 Å². The molecule has 25 heavy (non-hydrogen) atoms. The smallest absolute Gasteiger partial charge is 0.353 e. The molecular formula is C18H19BrNO5.